The predicted molar refractivity (Wildman–Crippen MR) is 84.4 cm³/mol. The molecule has 0 aliphatic carbocycles. The van der Waals surface area contributed by atoms with E-state index in [0.29, 0.717) is 0 Å². The normalized spacial score (nSPS) is 16.0. The van der Waals surface area contributed by atoms with E-state index in [-0.39, 0.29) is 0 Å². The molecular formula is C7H16Cl3O3PS2Si. The van der Waals surface area contributed by atoms with Gasteiger partial charge < -0.3 is 13.5 Å². The van der Waals surface area contributed by atoms with Gasteiger partial charge in [-0.1, -0.05) is 34.8 Å². The number of hydrogen-bond acceptors (Lipinski definition) is 5. The molecule has 3 nitrogen and oxygen atoms in total. The Morgan fingerprint density at radius 3 is 1.82 bits per heavy atom. The van der Waals surface area contributed by atoms with Crippen LogP contribution < -0.4 is 0 Å². The summed E-state index contributed by atoms with van der Waals surface area (Å²) in [5, 5.41) is 0. The van der Waals surface area contributed by atoms with Gasteiger partial charge in [0.15, 0.2) is 8.32 Å². The first kappa shape index (κ1) is 19.0. The van der Waals surface area contributed by atoms with Crippen LogP contribution in [0.1, 0.15) is 0 Å². The second kappa shape index (κ2) is 7.11. The molecule has 1 unspecified atom stereocenters. The molecule has 0 saturated heterocycles. The van der Waals surface area contributed by atoms with Crippen molar-refractivity contribution >= 4 is 72.0 Å². The Morgan fingerprint density at radius 2 is 1.59 bits per heavy atom. The minimum absolute atomic E-state index is 0.704. The fraction of sp³-hybridized carbons (Fsp3) is 1.00. The fourth-order valence-corrected chi connectivity index (χ4v) is 7.38. The average molecular weight is 378 g/mol. The van der Waals surface area contributed by atoms with E-state index in [0.717, 1.165) is 11.4 Å². The van der Waals surface area contributed by atoms with Crippen molar-refractivity contribution in [3.8, 4) is 0 Å². The van der Waals surface area contributed by atoms with E-state index < -0.39 is 23.2 Å². The molecule has 0 aliphatic rings. The Morgan fingerprint density at radius 1 is 1.18 bits per heavy atom. The Labute approximate surface area is 128 Å². The van der Waals surface area contributed by atoms with Gasteiger partial charge in [0.1, 0.15) is 5.44 Å². The minimum Gasteiger partial charge on any atom is -0.402 e. The maximum atomic E-state index is 5.89. The van der Waals surface area contributed by atoms with Crippen molar-refractivity contribution in [3.05, 3.63) is 0 Å². The lowest BCUT2D eigenvalue weighted by atomic mass is 10.8. The van der Waals surface area contributed by atoms with E-state index in [4.69, 9.17) is 60.1 Å². The third-order valence-corrected chi connectivity index (χ3v) is 9.20. The van der Waals surface area contributed by atoms with Crippen molar-refractivity contribution < 1.29 is 13.5 Å². The predicted octanol–water partition coefficient (Wildman–Crippen LogP) is 4.78. The van der Waals surface area contributed by atoms with E-state index in [1.807, 2.05) is 19.6 Å². The fourth-order valence-electron chi connectivity index (χ4n) is 0.747. The van der Waals surface area contributed by atoms with Gasteiger partial charge in [-0.05, 0) is 42.8 Å². The van der Waals surface area contributed by atoms with Gasteiger partial charge in [0.05, 0.1) is 0 Å². The number of alkyl halides is 3. The average Bonchev–Trinajstić information content (AvgIpc) is 2.13. The highest BCUT2D eigenvalue weighted by atomic mass is 35.6. The monoisotopic (exact) mass is 376 g/mol. The Balaban J connectivity index is 4.91. The molecule has 0 aromatic rings. The third kappa shape index (κ3) is 7.97. The van der Waals surface area contributed by atoms with Crippen molar-refractivity contribution in [3.63, 3.8) is 0 Å². The summed E-state index contributed by atoms with van der Waals surface area (Å²) in [7, 11) is 1.08. The second-order valence-electron chi connectivity index (χ2n) is 4.02. The van der Waals surface area contributed by atoms with Crippen LogP contribution in [-0.2, 0) is 25.3 Å². The SMILES string of the molecule is COP(=S)(OC)SC(O[Si](C)(C)C)C(Cl)(Cl)Cl. The van der Waals surface area contributed by atoms with Gasteiger partial charge in [-0.15, -0.1) is 0 Å². The van der Waals surface area contributed by atoms with Crippen LogP contribution in [0, 0.1) is 0 Å². The summed E-state index contributed by atoms with van der Waals surface area (Å²) < 4.78 is 14.5. The smallest absolute Gasteiger partial charge is 0.249 e. The first-order valence-electron chi connectivity index (χ1n) is 4.58. The molecule has 17 heavy (non-hydrogen) atoms. The highest BCUT2D eigenvalue weighted by Gasteiger charge is 2.41. The molecule has 0 aromatic carbocycles. The van der Waals surface area contributed by atoms with Crippen molar-refractivity contribution in [1.82, 2.24) is 0 Å². The lowest BCUT2D eigenvalue weighted by molar-refractivity contribution is 0.285. The molecule has 0 rings (SSSR count). The molecule has 0 spiro atoms. The highest BCUT2D eigenvalue weighted by Crippen LogP contribution is 2.64. The highest BCUT2D eigenvalue weighted by molar-refractivity contribution is 8.68. The van der Waals surface area contributed by atoms with Crippen LogP contribution in [0.4, 0.5) is 0 Å². The molecule has 0 radical (unpaired) electrons. The number of hydrogen-bond donors (Lipinski definition) is 0. The topological polar surface area (TPSA) is 27.7 Å². The lowest BCUT2D eigenvalue weighted by Crippen LogP contribution is -2.37. The summed E-state index contributed by atoms with van der Waals surface area (Å²) in [6, 6.07) is 0. The molecule has 0 aliphatic heterocycles. The van der Waals surface area contributed by atoms with E-state index >= 15 is 0 Å². The van der Waals surface area contributed by atoms with Crippen molar-refractivity contribution in [1.29, 1.82) is 0 Å². The molecule has 0 bridgehead atoms. The standard InChI is InChI=1S/C7H16Cl3O3PS2Si/c1-11-14(15,12-2)16-6(7(8,9)10)13-17(3,4)5/h6H,1-5H3. The summed E-state index contributed by atoms with van der Waals surface area (Å²) in [4.78, 5) is 0. The van der Waals surface area contributed by atoms with Crippen LogP contribution in [0.25, 0.3) is 0 Å². The summed E-state index contributed by atoms with van der Waals surface area (Å²) in [6.07, 6.45) is 0. The largest absolute Gasteiger partial charge is 0.402 e. The number of halogens is 3. The van der Waals surface area contributed by atoms with Gasteiger partial charge in [-0.3, -0.25) is 0 Å². The maximum absolute atomic E-state index is 5.89. The van der Waals surface area contributed by atoms with Crippen molar-refractivity contribution in [2.45, 2.75) is 28.9 Å². The van der Waals surface area contributed by atoms with Gasteiger partial charge in [0.2, 0.25) is 9.49 Å². The maximum Gasteiger partial charge on any atom is 0.249 e. The molecular weight excluding hydrogens is 362 g/mol. The van der Waals surface area contributed by atoms with Crippen LogP contribution in [0.5, 0.6) is 0 Å². The quantitative estimate of drug-likeness (QED) is 0.287. The summed E-state index contributed by atoms with van der Waals surface area (Å²) in [6.45, 7) is 6.00. The van der Waals surface area contributed by atoms with Gasteiger partial charge in [-0.25, -0.2) is 0 Å². The first-order chi connectivity index (χ1) is 7.43. The molecule has 10 heteroatoms. The Bertz CT molecular complexity index is 287. The van der Waals surface area contributed by atoms with Gasteiger partial charge in [0, 0.05) is 14.2 Å². The molecule has 0 amide bonds. The molecule has 0 heterocycles. The van der Waals surface area contributed by atoms with Crippen LogP contribution in [0.3, 0.4) is 0 Å². The Kier molecular flexibility index (Phi) is 7.94. The van der Waals surface area contributed by atoms with Crippen LogP contribution in [0.15, 0.2) is 0 Å². The zero-order valence-electron chi connectivity index (χ0n) is 10.2. The van der Waals surface area contributed by atoms with Crippen LogP contribution in [-0.4, -0.2) is 31.8 Å². The van der Waals surface area contributed by atoms with E-state index in [2.05, 4.69) is 0 Å². The van der Waals surface area contributed by atoms with E-state index in [9.17, 15) is 0 Å². The summed E-state index contributed by atoms with van der Waals surface area (Å²) in [5.41, 5.74) is -3.23. The zero-order chi connectivity index (χ0) is 13.9. The summed E-state index contributed by atoms with van der Waals surface area (Å²) in [5.74, 6) is 0. The molecule has 1 atom stereocenters. The van der Waals surface area contributed by atoms with Gasteiger partial charge in [0.25, 0.3) is 0 Å². The molecule has 0 aromatic heterocycles. The lowest BCUT2D eigenvalue weighted by Gasteiger charge is -2.32. The van der Waals surface area contributed by atoms with E-state index in [1.165, 1.54) is 14.2 Å². The molecule has 0 N–H and O–H groups in total. The van der Waals surface area contributed by atoms with Crippen molar-refractivity contribution in [2.75, 3.05) is 14.2 Å². The minimum atomic E-state index is -2.53. The number of rotatable bonds is 6. The van der Waals surface area contributed by atoms with Gasteiger partial charge >= 0.3 is 0 Å². The molecule has 0 saturated carbocycles. The van der Waals surface area contributed by atoms with Gasteiger partial charge in [-0.2, -0.15) is 0 Å². The van der Waals surface area contributed by atoms with Crippen LogP contribution >= 0.6 is 51.9 Å². The van der Waals surface area contributed by atoms with Crippen molar-refractivity contribution in [2.24, 2.45) is 0 Å². The molecule has 104 valence electrons. The van der Waals surface area contributed by atoms with Crippen LogP contribution in [0.2, 0.25) is 19.6 Å². The van der Waals surface area contributed by atoms with E-state index in [1.54, 1.807) is 0 Å². The Hall–Kier alpha value is 1.97. The molecule has 0 fully saturated rings. The third-order valence-electron chi connectivity index (χ3n) is 1.40. The first-order valence-corrected chi connectivity index (χ1v) is 13.2. The zero-order valence-corrected chi connectivity index (χ0v) is 16.0. The summed E-state index contributed by atoms with van der Waals surface area (Å²) >= 11 is 24.0. The second-order valence-corrected chi connectivity index (χ2v) is 17.3.